The van der Waals surface area contributed by atoms with Crippen molar-refractivity contribution in [2.45, 2.75) is 0 Å². The number of nitrogens with zero attached hydrogens (tertiary/aromatic N) is 5. The molecule has 10 heteroatoms. The number of fused-ring (bicyclic) bond motifs is 1. The molecule has 2 aromatic carbocycles. The van der Waals surface area contributed by atoms with Crippen molar-refractivity contribution in [3.05, 3.63) is 84.1 Å². The van der Waals surface area contributed by atoms with Crippen molar-refractivity contribution in [1.29, 1.82) is 0 Å². The van der Waals surface area contributed by atoms with Crippen LogP contribution in [0.1, 0.15) is 0 Å². The van der Waals surface area contributed by atoms with Crippen molar-refractivity contribution < 1.29 is 9.53 Å². The lowest BCUT2D eigenvalue weighted by Crippen LogP contribution is -2.19. The Labute approximate surface area is 199 Å². The van der Waals surface area contributed by atoms with E-state index < -0.39 is 6.03 Å². The molecule has 0 atom stereocenters. The first-order valence-corrected chi connectivity index (χ1v) is 10.6. The van der Waals surface area contributed by atoms with E-state index in [-0.39, 0.29) is 0 Å². The van der Waals surface area contributed by atoms with Gasteiger partial charge in [0.1, 0.15) is 5.75 Å². The van der Waals surface area contributed by atoms with Crippen molar-refractivity contribution in [2.75, 3.05) is 17.7 Å². The third kappa shape index (κ3) is 4.37. The molecule has 2 amide bonds. The first-order valence-electron chi connectivity index (χ1n) is 10.3. The summed E-state index contributed by atoms with van der Waals surface area (Å²) in [5.74, 6) is 1.10. The van der Waals surface area contributed by atoms with E-state index in [4.69, 9.17) is 21.4 Å². The molecule has 5 aromatic rings. The number of rotatable bonds is 5. The Hall–Kier alpha value is -4.50. The van der Waals surface area contributed by atoms with Gasteiger partial charge in [-0.3, -0.25) is 4.98 Å². The van der Waals surface area contributed by atoms with Gasteiger partial charge >= 0.3 is 6.03 Å². The van der Waals surface area contributed by atoms with Crippen LogP contribution in [0.3, 0.4) is 0 Å². The fourth-order valence-corrected chi connectivity index (χ4v) is 3.61. The molecule has 9 nitrogen and oxygen atoms in total. The van der Waals surface area contributed by atoms with Crippen molar-refractivity contribution in [3.8, 4) is 28.4 Å². The molecule has 0 fully saturated rings. The average Bonchev–Trinajstić information content (AvgIpc) is 3.28. The minimum Gasteiger partial charge on any atom is -0.495 e. The number of carbonyl (C=O) groups is 1. The number of benzene rings is 2. The van der Waals surface area contributed by atoms with Gasteiger partial charge in [0.15, 0.2) is 11.5 Å². The summed E-state index contributed by atoms with van der Waals surface area (Å²) in [6.45, 7) is 0. The topological polar surface area (TPSA) is 106 Å². The van der Waals surface area contributed by atoms with Gasteiger partial charge in [0.25, 0.3) is 0 Å². The lowest BCUT2D eigenvalue weighted by molar-refractivity contribution is 0.262. The highest BCUT2D eigenvalue weighted by atomic mass is 35.5. The zero-order valence-electron chi connectivity index (χ0n) is 17.9. The minimum absolute atomic E-state index is 0.432. The van der Waals surface area contributed by atoms with Gasteiger partial charge in [0, 0.05) is 34.2 Å². The van der Waals surface area contributed by atoms with Crippen LogP contribution in [0.25, 0.3) is 28.3 Å². The minimum atomic E-state index is -0.432. The molecule has 0 unspecified atom stereocenters. The monoisotopic (exact) mass is 471 g/mol. The van der Waals surface area contributed by atoms with Crippen molar-refractivity contribution >= 4 is 34.7 Å². The van der Waals surface area contributed by atoms with Crippen molar-refractivity contribution in [2.24, 2.45) is 0 Å². The number of hydrogen-bond donors (Lipinski definition) is 2. The summed E-state index contributed by atoms with van der Waals surface area (Å²) in [4.78, 5) is 16.7. The summed E-state index contributed by atoms with van der Waals surface area (Å²) in [7, 11) is 1.52. The zero-order chi connectivity index (χ0) is 23.5. The summed E-state index contributed by atoms with van der Waals surface area (Å²) < 4.78 is 6.94. The van der Waals surface area contributed by atoms with Crippen LogP contribution in [0, 0.1) is 0 Å². The van der Waals surface area contributed by atoms with E-state index in [0.717, 1.165) is 11.1 Å². The molecular weight excluding hydrogens is 454 g/mol. The molecule has 168 valence electrons. The second-order valence-electron chi connectivity index (χ2n) is 7.26. The van der Waals surface area contributed by atoms with E-state index in [2.05, 4.69) is 25.8 Å². The SMILES string of the molecule is COc1ccc(Cl)cc1NC(=O)Nc1cccc(-c2ccc3nnc(-c4cccnc4)n3n2)c1. The number of anilines is 2. The molecule has 0 aliphatic rings. The van der Waals surface area contributed by atoms with Crippen LogP contribution in [-0.4, -0.2) is 37.9 Å². The van der Waals surface area contributed by atoms with Gasteiger partial charge in [-0.05, 0) is 54.6 Å². The van der Waals surface area contributed by atoms with Gasteiger partial charge in [-0.25, -0.2) is 4.79 Å². The molecule has 0 aliphatic heterocycles. The Morgan fingerprint density at radius 3 is 2.68 bits per heavy atom. The molecular formula is C24H18ClN7O2. The quantitative estimate of drug-likeness (QED) is 0.366. The van der Waals surface area contributed by atoms with Crippen LogP contribution >= 0.6 is 11.6 Å². The summed E-state index contributed by atoms with van der Waals surface area (Å²) in [5, 5.41) is 19.2. The predicted molar refractivity (Wildman–Crippen MR) is 130 cm³/mol. The number of amides is 2. The molecule has 0 saturated carbocycles. The smallest absolute Gasteiger partial charge is 0.323 e. The molecule has 3 heterocycles. The summed E-state index contributed by atoms with van der Waals surface area (Å²) in [6.07, 6.45) is 3.41. The first-order chi connectivity index (χ1) is 16.6. The van der Waals surface area contributed by atoms with E-state index in [1.165, 1.54) is 7.11 Å². The second-order valence-corrected chi connectivity index (χ2v) is 7.69. The molecule has 5 rings (SSSR count). The number of pyridine rings is 1. The molecule has 0 aliphatic carbocycles. The Morgan fingerprint density at radius 1 is 0.971 bits per heavy atom. The third-order valence-corrected chi connectivity index (χ3v) is 5.24. The molecule has 0 bridgehead atoms. The maximum atomic E-state index is 12.6. The van der Waals surface area contributed by atoms with E-state index in [1.807, 2.05) is 42.5 Å². The highest BCUT2D eigenvalue weighted by molar-refractivity contribution is 6.31. The fourth-order valence-electron chi connectivity index (χ4n) is 3.44. The van der Waals surface area contributed by atoms with Crippen molar-refractivity contribution in [1.82, 2.24) is 24.8 Å². The zero-order valence-corrected chi connectivity index (χ0v) is 18.7. The molecule has 2 N–H and O–H groups in total. The van der Waals surface area contributed by atoms with Crippen LogP contribution in [-0.2, 0) is 0 Å². The molecule has 3 aromatic heterocycles. The Bertz CT molecular complexity index is 1490. The van der Waals surface area contributed by atoms with Crippen LogP contribution < -0.4 is 15.4 Å². The van der Waals surface area contributed by atoms with Gasteiger partial charge in [-0.2, -0.15) is 9.61 Å². The standard InChI is InChI=1S/C24H18ClN7O2/c1-34-21-9-7-17(25)13-20(21)28-24(33)27-18-6-2-4-15(12-18)19-8-10-22-29-30-23(32(22)31-19)16-5-3-11-26-14-16/h2-14H,1H3,(H2,27,28,33). The summed E-state index contributed by atoms with van der Waals surface area (Å²) >= 11 is 6.04. The van der Waals surface area contributed by atoms with Crippen LogP contribution in [0.5, 0.6) is 5.75 Å². The number of nitrogens with one attached hydrogen (secondary N) is 2. The maximum Gasteiger partial charge on any atom is 0.323 e. The normalized spacial score (nSPS) is 10.8. The van der Waals surface area contributed by atoms with Gasteiger partial charge in [-0.15, -0.1) is 10.2 Å². The summed E-state index contributed by atoms with van der Waals surface area (Å²) in [6, 6.07) is 19.4. The van der Waals surface area contributed by atoms with Crippen LogP contribution in [0.4, 0.5) is 16.2 Å². The maximum absolute atomic E-state index is 12.6. The van der Waals surface area contributed by atoms with Crippen molar-refractivity contribution in [3.63, 3.8) is 0 Å². The van der Waals surface area contributed by atoms with Gasteiger partial charge in [-0.1, -0.05) is 23.7 Å². The van der Waals surface area contributed by atoms with Gasteiger partial charge in [0.2, 0.25) is 0 Å². The lowest BCUT2D eigenvalue weighted by atomic mass is 10.1. The van der Waals surface area contributed by atoms with E-state index in [0.29, 0.717) is 39.3 Å². The first kappa shape index (κ1) is 21.4. The number of methoxy groups -OCH3 is 1. The number of aromatic nitrogens is 5. The van der Waals surface area contributed by atoms with E-state index >= 15 is 0 Å². The van der Waals surface area contributed by atoms with E-state index in [1.54, 1.807) is 41.2 Å². The Morgan fingerprint density at radius 2 is 1.85 bits per heavy atom. The largest absolute Gasteiger partial charge is 0.495 e. The number of ether oxygens (including phenoxy) is 1. The average molecular weight is 472 g/mol. The fraction of sp³-hybridized carbons (Fsp3) is 0.0417. The van der Waals surface area contributed by atoms with Gasteiger partial charge < -0.3 is 15.4 Å². The third-order valence-electron chi connectivity index (χ3n) is 5.01. The number of carbonyl (C=O) groups excluding carboxylic acids is 1. The second kappa shape index (κ2) is 9.16. The lowest BCUT2D eigenvalue weighted by Gasteiger charge is -2.12. The summed E-state index contributed by atoms with van der Waals surface area (Å²) in [5.41, 5.74) is 3.99. The Kier molecular flexibility index (Phi) is 5.75. The van der Waals surface area contributed by atoms with Crippen LogP contribution in [0.15, 0.2) is 79.1 Å². The molecule has 0 radical (unpaired) electrons. The Balaban J connectivity index is 1.40. The molecule has 34 heavy (non-hydrogen) atoms. The number of hydrogen-bond acceptors (Lipinski definition) is 6. The number of urea groups is 1. The van der Waals surface area contributed by atoms with Gasteiger partial charge in [0.05, 0.1) is 18.5 Å². The van der Waals surface area contributed by atoms with Crippen LogP contribution in [0.2, 0.25) is 5.02 Å². The highest BCUT2D eigenvalue weighted by Crippen LogP contribution is 2.28. The molecule has 0 saturated heterocycles. The number of halogens is 1. The highest BCUT2D eigenvalue weighted by Gasteiger charge is 2.12. The van der Waals surface area contributed by atoms with E-state index in [9.17, 15) is 4.79 Å². The predicted octanol–water partition coefficient (Wildman–Crippen LogP) is 5.16. The molecule has 0 spiro atoms.